The summed E-state index contributed by atoms with van der Waals surface area (Å²) in [4.78, 5) is 42.5. The molecule has 190 valence electrons. The van der Waals surface area contributed by atoms with Crippen molar-refractivity contribution in [1.29, 1.82) is 0 Å². The Balaban J connectivity index is 1.16. The molecule has 0 aromatic heterocycles. The van der Waals surface area contributed by atoms with E-state index in [9.17, 15) is 14.4 Å². The minimum Gasteiger partial charge on any atom is -0.492 e. The van der Waals surface area contributed by atoms with Crippen LogP contribution in [0.4, 0.5) is 0 Å². The van der Waals surface area contributed by atoms with E-state index in [0.717, 1.165) is 76.3 Å². The maximum Gasteiger partial charge on any atom is 0.261 e. The molecular formula is C28H33N3O5. The lowest BCUT2D eigenvalue weighted by molar-refractivity contribution is 0.0322. The molecule has 0 atom stereocenters. The summed E-state index contributed by atoms with van der Waals surface area (Å²) in [5.74, 6) is -0.0370. The van der Waals surface area contributed by atoms with Gasteiger partial charge in [-0.25, -0.2) is 0 Å². The van der Waals surface area contributed by atoms with Crippen LogP contribution in [0.1, 0.15) is 68.7 Å². The molecule has 1 N–H and O–H groups in total. The summed E-state index contributed by atoms with van der Waals surface area (Å²) >= 11 is 0. The van der Waals surface area contributed by atoms with Crippen LogP contribution in [0.2, 0.25) is 0 Å². The second-order valence-electron chi connectivity index (χ2n) is 9.67. The smallest absolute Gasteiger partial charge is 0.261 e. The number of rotatable bonds is 8. The molecule has 0 spiro atoms. The topological polar surface area (TPSA) is 88.2 Å². The van der Waals surface area contributed by atoms with Crippen molar-refractivity contribution in [3.63, 3.8) is 0 Å². The van der Waals surface area contributed by atoms with Gasteiger partial charge in [0.2, 0.25) is 0 Å². The van der Waals surface area contributed by atoms with Gasteiger partial charge in [-0.1, -0.05) is 31.4 Å². The molecule has 8 nitrogen and oxygen atoms in total. The average Bonchev–Trinajstić information content (AvgIpc) is 3.17. The highest BCUT2D eigenvalue weighted by Gasteiger charge is 2.40. The summed E-state index contributed by atoms with van der Waals surface area (Å²) in [5.41, 5.74) is 2.01. The summed E-state index contributed by atoms with van der Waals surface area (Å²) in [6.45, 7) is 5.16. The van der Waals surface area contributed by atoms with Gasteiger partial charge < -0.3 is 14.8 Å². The van der Waals surface area contributed by atoms with Crippen molar-refractivity contribution >= 4 is 17.7 Å². The van der Waals surface area contributed by atoms with Gasteiger partial charge in [-0.05, 0) is 48.7 Å². The predicted molar refractivity (Wildman–Crippen MR) is 134 cm³/mol. The molecule has 2 aromatic rings. The van der Waals surface area contributed by atoms with E-state index in [1.165, 1.54) is 4.90 Å². The average molecular weight is 492 g/mol. The number of ether oxygens (including phenoxy) is 2. The summed E-state index contributed by atoms with van der Waals surface area (Å²) in [6.07, 6.45) is 4.93. The van der Waals surface area contributed by atoms with Crippen LogP contribution >= 0.6 is 0 Å². The molecule has 3 amide bonds. The van der Waals surface area contributed by atoms with Crippen LogP contribution < -0.4 is 10.1 Å². The standard InChI is InChI=1S/C28H33N3O5/c32-26(29-19-20-5-4-8-23(17-20)36-16-13-30-11-14-35-15-12-30)21-9-10-24-25(18-21)28(34)31(27(24)33)22-6-2-1-3-7-22/h4-5,8-10,17-18,22H,1-3,6-7,11-16,19H2,(H,29,32). The Morgan fingerprint density at radius 1 is 0.972 bits per heavy atom. The van der Waals surface area contributed by atoms with E-state index in [2.05, 4.69) is 10.2 Å². The Kier molecular flexibility index (Phi) is 7.63. The van der Waals surface area contributed by atoms with E-state index < -0.39 is 0 Å². The van der Waals surface area contributed by atoms with E-state index in [4.69, 9.17) is 9.47 Å². The molecule has 0 unspecified atom stereocenters. The molecule has 8 heteroatoms. The number of hydrogen-bond donors (Lipinski definition) is 1. The Bertz CT molecular complexity index is 1120. The third-order valence-corrected chi connectivity index (χ3v) is 7.25. The molecule has 1 saturated heterocycles. The van der Waals surface area contributed by atoms with Gasteiger partial charge in [0.25, 0.3) is 17.7 Å². The lowest BCUT2D eigenvalue weighted by Gasteiger charge is -2.29. The van der Waals surface area contributed by atoms with Gasteiger partial charge in [-0.15, -0.1) is 0 Å². The van der Waals surface area contributed by atoms with E-state index in [1.54, 1.807) is 18.2 Å². The zero-order chi connectivity index (χ0) is 24.9. The van der Waals surface area contributed by atoms with Crippen LogP contribution in [0.25, 0.3) is 0 Å². The van der Waals surface area contributed by atoms with Gasteiger partial charge in [0.05, 0.1) is 24.3 Å². The zero-order valence-electron chi connectivity index (χ0n) is 20.5. The van der Waals surface area contributed by atoms with Crippen LogP contribution in [0.15, 0.2) is 42.5 Å². The number of nitrogens with one attached hydrogen (secondary N) is 1. The van der Waals surface area contributed by atoms with Crippen molar-refractivity contribution in [2.45, 2.75) is 44.7 Å². The summed E-state index contributed by atoms with van der Waals surface area (Å²) in [5, 5.41) is 2.92. The molecule has 2 aliphatic heterocycles. The fraction of sp³-hybridized carbons (Fsp3) is 0.464. The zero-order valence-corrected chi connectivity index (χ0v) is 20.5. The molecule has 2 fully saturated rings. The quantitative estimate of drug-likeness (QED) is 0.571. The number of hydrogen-bond acceptors (Lipinski definition) is 6. The fourth-order valence-corrected chi connectivity index (χ4v) is 5.22. The summed E-state index contributed by atoms with van der Waals surface area (Å²) in [7, 11) is 0. The summed E-state index contributed by atoms with van der Waals surface area (Å²) < 4.78 is 11.3. The van der Waals surface area contributed by atoms with Crippen LogP contribution in [-0.2, 0) is 11.3 Å². The van der Waals surface area contributed by atoms with Gasteiger partial charge in [-0.2, -0.15) is 0 Å². The monoisotopic (exact) mass is 491 g/mol. The van der Waals surface area contributed by atoms with Gasteiger partial charge in [0, 0.05) is 37.8 Å². The van der Waals surface area contributed by atoms with Crippen molar-refractivity contribution in [3.05, 3.63) is 64.7 Å². The number of imide groups is 1. The van der Waals surface area contributed by atoms with Crippen molar-refractivity contribution in [2.24, 2.45) is 0 Å². The van der Waals surface area contributed by atoms with E-state index in [1.807, 2.05) is 24.3 Å². The van der Waals surface area contributed by atoms with Crippen LogP contribution in [0.3, 0.4) is 0 Å². The van der Waals surface area contributed by atoms with E-state index in [0.29, 0.717) is 29.8 Å². The number of carbonyl (C=O) groups excluding carboxylic acids is 3. The Labute approximate surface area is 211 Å². The first kappa shape index (κ1) is 24.5. The SMILES string of the molecule is O=C(NCc1cccc(OCCN2CCOCC2)c1)c1ccc2c(c1)C(=O)N(C1CCCCC1)C2=O. The van der Waals surface area contributed by atoms with Crippen molar-refractivity contribution in [3.8, 4) is 5.75 Å². The highest BCUT2D eigenvalue weighted by Crippen LogP contribution is 2.31. The maximum absolute atomic E-state index is 13.0. The van der Waals surface area contributed by atoms with Gasteiger partial charge in [-0.3, -0.25) is 24.2 Å². The highest BCUT2D eigenvalue weighted by atomic mass is 16.5. The van der Waals surface area contributed by atoms with Gasteiger partial charge in [0.1, 0.15) is 12.4 Å². The molecular weight excluding hydrogens is 458 g/mol. The second kappa shape index (κ2) is 11.2. The van der Waals surface area contributed by atoms with Crippen molar-refractivity contribution in [2.75, 3.05) is 39.5 Å². The Morgan fingerprint density at radius 3 is 2.56 bits per heavy atom. The number of amides is 3. The van der Waals surface area contributed by atoms with Crippen molar-refractivity contribution in [1.82, 2.24) is 15.1 Å². The predicted octanol–water partition coefficient (Wildman–Crippen LogP) is 3.26. The molecule has 3 aliphatic rings. The molecule has 36 heavy (non-hydrogen) atoms. The van der Waals surface area contributed by atoms with E-state index >= 15 is 0 Å². The highest BCUT2D eigenvalue weighted by molar-refractivity contribution is 6.22. The van der Waals surface area contributed by atoms with E-state index in [-0.39, 0.29) is 23.8 Å². The van der Waals surface area contributed by atoms with Crippen LogP contribution in [0.5, 0.6) is 5.75 Å². The van der Waals surface area contributed by atoms with Gasteiger partial charge in [0.15, 0.2) is 0 Å². The normalized spacial score (nSPS) is 18.8. The van der Waals surface area contributed by atoms with Gasteiger partial charge >= 0.3 is 0 Å². The van der Waals surface area contributed by atoms with Crippen LogP contribution in [0, 0.1) is 0 Å². The Hall–Kier alpha value is -3.23. The number of morpholine rings is 1. The lowest BCUT2D eigenvalue weighted by atomic mass is 9.94. The maximum atomic E-state index is 13.0. The first-order valence-corrected chi connectivity index (χ1v) is 12.9. The molecule has 1 aliphatic carbocycles. The minimum absolute atomic E-state index is 0.0354. The molecule has 0 bridgehead atoms. The first-order valence-electron chi connectivity index (χ1n) is 12.9. The molecule has 0 radical (unpaired) electrons. The second-order valence-corrected chi connectivity index (χ2v) is 9.67. The molecule has 2 aromatic carbocycles. The number of fused-ring (bicyclic) bond motifs is 1. The minimum atomic E-state index is -0.284. The van der Waals surface area contributed by atoms with Crippen molar-refractivity contribution < 1.29 is 23.9 Å². The number of benzene rings is 2. The third-order valence-electron chi connectivity index (χ3n) is 7.25. The molecule has 5 rings (SSSR count). The first-order chi connectivity index (χ1) is 17.6. The van der Waals surface area contributed by atoms with Crippen LogP contribution in [-0.4, -0.2) is 73.0 Å². The Morgan fingerprint density at radius 2 is 1.75 bits per heavy atom. The molecule has 1 saturated carbocycles. The lowest BCUT2D eigenvalue weighted by Crippen LogP contribution is -2.40. The number of carbonyl (C=O) groups is 3. The fourth-order valence-electron chi connectivity index (χ4n) is 5.22. The largest absolute Gasteiger partial charge is 0.492 e. The third kappa shape index (κ3) is 5.44. The number of nitrogens with zero attached hydrogens (tertiary/aromatic N) is 2. The summed E-state index contributed by atoms with van der Waals surface area (Å²) in [6, 6.07) is 12.4. The molecule has 2 heterocycles.